The van der Waals surface area contributed by atoms with Gasteiger partial charge in [0.1, 0.15) is 5.60 Å². The lowest BCUT2D eigenvalue weighted by atomic mass is 9.92. The number of allylic oxidation sites excluding steroid dienone is 1. The van der Waals surface area contributed by atoms with Crippen molar-refractivity contribution in [1.29, 1.82) is 0 Å². The molecule has 3 heteroatoms. The average Bonchev–Trinajstić information content (AvgIpc) is 2.34. The van der Waals surface area contributed by atoms with Crippen LogP contribution in [0, 0.1) is 5.92 Å². The predicted molar refractivity (Wildman–Crippen MR) is 75.6 cm³/mol. The number of esters is 1. The molecule has 1 aromatic rings. The van der Waals surface area contributed by atoms with E-state index in [0.717, 1.165) is 0 Å². The van der Waals surface area contributed by atoms with E-state index in [1.807, 2.05) is 39.0 Å². The van der Waals surface area contributed by atoms with Gasteiger partial charge in [0.05, 0.1) is 12.0 Å². The molecule has 104 valence electrons. The van der Waals surface area contributed by atoms with Crippen LogP contribution in [0.3, 0.4) is 0 Å². The third kappa shape index (κ3) is 4.87. The zero-order valence-electron chi connectivity index (χ0n) is 11.8. The van der Waals surface area contributed by atoms with Gasteiger partial charge in [-0.25, -0.2) is 0 Å². The Balaban J connectivity index is 2.88. The quantitative estimate of drug-likeness (QED) is 0.654. The molecular weight excluding hydrogens is 240 g/mol. The van der Waals surface area contributed by atoms with E-state index in [1.54, 1.807) is 18.2 Å². The van der Waals surface area contributed by atoms with E-state index in [-0.39, 0.29) is 0 Å². The van der Waals surface area contributed by atoms with Crippen LogP contribution in [0.15, 0.2) is 43.0 Å². The molecule has 0 aliphatic carbocycles. The number of carbonyl (C=O) groups is 1. The van der Waals surface area contributed by atoms with Crippen molar-refractivity contribution >= 4 is 5.97 Å². The molecule has 0 saturated carbocycles. The van der Waals surface area contributed by atoms with Crippen molar-refractivity contribution in [3.63, 3.8) is 0 Å². The maximum absolute atomic E-state index is 12.1. The van der Waals surface area contributed by atoms with Crippen molar-refractivity contribution in [3.05, 3.63) is 48.6 Å². The molecular formula is C16H22O3. The van der Waals surface area contributed by atoms with Gasteiger partial charge in [-0.15, -0.1) is 6.58 Å². The molecule has 0 radical (unpaired) electrons. The average molecular weight is 262 g/mol. The van der Waals surface area contributed by atoms with Gasteiger partial charge in [-0.2, -0.15) is 0 Å². The van der Waals surface area contributed by atoms with Crippen LogP contribution in [0.25, 0.3) is 0 Å². The monoisotopic (exact) mass is 262 g/mol. The molecule has 0 saturated heterocycles. The number of benzene rings is 1. The SMILES string of the molecule is C=CC[C@H](C(=O)OC(C)(C)C)[C@H](O)c1ccccc1. The summed E-state index contributed by atoms with van der Waals surface area (Å²) in [6.45, 7) is 9.07. The maximum Gasteiger partial charge on any atom is 0.312 e. The topological polar surface area (TPSA) is 46.5 Å². The molecule has 0 aliphatic rings. The van der Waals surface area contributed by atoms with Crippen LogP contribution in [-0.2, 0) is 9.53 Å². The number of hydrogen-bond donors (Lipinski definition) is 1. The van der Waals surface area contributed by atoms with Gasteiger partial charge in [0.2, 0.25) is 0 Å². The van der Waals surface area contributed by atoms with Gasteiger partial charge in [0.15, 0.2) is 0 Å². The van der Waals surface area contributed by atoms with Gasteiger partial charge in [-0.1, -0.05) is 36.4 Å². The second-order valence-corrected chi connectivity index (χ2v) is 5.52. The molecule has 0 aliphatic heterocycles. The summed E-state index contributed by atoms with van der Waals surface area (Å²) in [5, 5.41) is 10.3. The Hall–Kier alpha value is -1.61. The summed E-state index contributed by atoms with van der Waals surface area (Å²) in [6.07, 6.45) is 1.13. The molecule has 0 heterocycles. The molecule has 0 spiro atoms. The van der Waals surface area contributed by atoms with Crippen LogP contribution in [0.2, 0.25) is 0 Å². The maximum atomic E-state index is 12.1. The highest BCUT2D eigenvalue weighted by molar-refractivity contribution is 5.74. The molecule has 0 amide bonds. The van der Waals surface area contributed by atoms with E-state index in [1.165, 1.54) is 0 Å². The van der Waals surface area contributed by atoms with Crippen LogP contribution in [-0.4, -0.2) is 16.7 Å². The number of carbonyl (C=O) groups excluding carboxylic acids is 1. The molecule has 1 aromatic carbocycles. The Morgan fingerprint density at radius 2 is 1.95 bits per heavy atom. The zero-order chi connectivity index (χ0) is 14.5. The van der Waals surface area contributed by atoms with Crippen LogP contribution >= 0.6 is 0 Å². The Bertz CT molecular complexity index is 417. The number of rotatable bonds is 5. The standard InChI is InChI=1S/C16H22O3/c1-5-9-13(15(18)19-16(2,3)4)14(17)12-10-7-6-8-11-12/h5-8,10-11,13-14,17H,1,9H2,2-4H3/t13-,14+/m0/s1. The lowest BCUT2D eigenvalue weighted by Gasteiger charge is -2.26. The van der Waals surface area contributed by atoms with Gasteiger partial charge < -0.3 is 9.84 Å². The fourth-order valence-electron chi connectivity index (χ4n) is 1.79. The molecule has 0 aromatic heterocycles. The summed E-state index contributed by atoms with van der Waals surface area (Å²) in [7, 11) is 0. The summed E-state index contributed by atoms with van der Waals surface area (Å²) in [5.74, 6) is -1.03. The highest BCUT2D eigenvalue weighted by Crippen LogP contribution is 2.27. The molecule has 19 heavy (non-hydrogen) atoms. The normalized spacial score (nSPS) is 14.5. The minimum Gasteiger partial charge on any atom is -0.460 e. The molecule has 1 rings (SSSR count). The van der Waals surface area contributed by atoms with Crippen LogP contribution in [0.4, 0.5) is 0 Å². The molecule has 3 nitrogen and oxygen atoms in total. The fraction of sp³-hybridized carbons (Fsp3) is 0.438. The largest absolute Gasteiger partial charge is 0.460 e. The third-order valence-electron chi connectivity index (χ3n) is 2.65. The van der Waals surface area contributed by atoms with Crippen molar-refractivity contribution in [1.82, 2.24) is 0 Å². The van der Waals surface area contributed by atoms with Crippen LogP contribution in [0.1, 0.15) is 38.9 Å². The van der Waals surface area contributed by atoms with Crippen molar-refractivity contribution in [2.45, 2.75) is 38.9 Å². The number of aliphatic hydroxyl groups is 1. The van der Waals surface area contributed by atoms with E-state index in [0.29, 0.717) is 12.0 Å². The minimum absolute atomic E-state index is 0.380. The second-order valence-electron chi connectivity index (χ2n) is 5.52. The third-order valence-corrected chi connectivity index (χ3v) is 2.65. The Kier molecular flexibility index (Phi) is 5.31. The molecule has 0 bridgehead atoms. The lowest BCUT2D eigenvalue weighted by molar-refractivity contribution is -0.164. The summed E-state index contributed by atoms with van der Waals surface area (Å²) in [4.78, 5) is 12.1. The van der Waals surface area contributed by atoms with E-state index < -0.39 is 23.6 Å². The van der Waals surface area contributed by atoms with E-state index in [9.17, 15) is 9.90 Å². The van der Waals surface area contributed by atoms with Crippen molar-refractivity contribution < 1.29 is 14.6 Å². The van der Waals surface area contributed by atoms with E-state index in [4.69, 9.17) is 4.74 Å². The molecule has 0 fully saturated rings. The number of hydrogen-bond acceptors (Lipinski definition) is 3. The fourth-order valence-corrected chi connectivity index (χ4v) is 1.79. The first kappa shape index (κ1) is 15.4. The lowest BCUT2D eigenvalue weighted by Crippen LogP contribution is -2.31. The molecule has 1 N–H and O–H groups in total. The Labute approximate surface area is 114 Å². The van der Waals surface area contributed by atoms with Gasteiger partial charge in [0.25, 0.3) is 0 Å². The van der Waals surface area contributed by atoms with E-state index >= 15 is 0 Å². The van der Waals surface area contributed by atoms with E-state index in [2.05, 4.69) is 6.58 Å². The highest BCUT2D eigenvalue weighted by Gasteiger charge is 2.31. The molecule has 2 atom stereocenters. The summed E-state index contributed by atoms with van der Waals surface area (Å²) in [6, 6.07) is 9.12. The number of ether oxygens (including phenoxy) is 1. The number of aliphatic hydroxyl groups excluding tert-OH is 1. The minimum atomic E-state index is -0.881. The first-order chi connectivity index (χ1) is 8.85. The van der Waals surface area contributed by atoms with Crippen molar-refractivity contribution in [2.75, 3.05) is 0 Å². The van der Waals surface area contributed by atoms with Crippen molar-refractivity contribution in [2.24, 2.45) is 5.92 Å². The van der Waals surface area contributed by atoms with Crippen LogP contribution in [0.5, 0.6) is 0 Å². The van der Waals surface area contributed by atoms with Crippen LogP contribution < -0.4 is 0 Å². The Morgan fingerprint density at radius 1 is 1.37 bits per heavy atom. The van der Waals surface area contributed by atoms with Gasteiger partial charge in [0, 0.05) is 0 Å². The second kappa shape index (κ2) is 6.53. The van der Waals surface area contributed by atoms with Gasteiger partial charge >= 0.3 is 5.97 Å². The zero-order valence-corrected chi connectivity index (χ0v) is 11.8. The van der Waals surface area contributed by atoms with Gasteiger partial charge in [-0.05, 0) is 32.8 Å². The highest BCUT2D eigenvalue weighted by atomic mass is 16.6. The van der Waals surface area contributed by atoms with Gasteiger partial charge in [-0.3, -0.25) is 4.79 Å². The first-order valence-electron chi connectivity index (χ1n) is 6.42. The Morgan fingerprint density at radius 3 is 2.42 bits per heavy atom. The smallest absolute Gasteiger partial charge is 0.312 e. The summed E-state index contributed by atoms with van der Waals surface area (Å²) < 4.78 is 5.35. The summed E-state index contributed by atoms with van der Waals surface area (Å²) in [5.41, 5.74) is 0.146. The van der Waals surface area contributed by atoms with Crippen molar-refractivity contribution in [3.8, 4) is 0 Å². The first-order valence-corrected chi connectivity index (χ1v) is 6.42. The summed E-state index contributed by atoms with van der Waals surface area (Å²) >= 11 is 0. The molecule has 0 unspecified atom stereocenters. The predicted octanol–water partition coefficient (Wildman–Crippen LogP) is 3.25.